The topological polar surface area (TPSA) is 71.2 Å². The Bertz CT molecular complexity index is 1100. The van der Waals surface area contributed by atoms with Crippen LogP contribution in [0, 0.1) is 0 Å². The van der Waals surface area contributed by atoms with Crippen LogP contribution in [0.15, 0.2) is 85.1 Å². The molecule has 132 valence electrons. The van der Waals surface area contributed by atoms with Crippen molar-refractivity contribution in [1.82, 2.24) is 4.98 Å². The molecule has 0 unspecified atom stereocenters. The average Bonchev–Trinajstić information content (AvgIpc) is 3.14. The van der Waals surface area contributed by atoms with Gasteiger partial charge in [0.1, 0.15) is 11.5 Å². The molecule has 27 heavy (non-hydrogen) atoms. The third-order valence-corrected chi connectivity index (χ3v) is 4.13. The third kappa shape index (κ3) is 3.57. The van der Waals surface area contributed by atoms with Gasteiger partial charge in [-0.2, -0.15) is 0 Å². The highest BCUT2D eigenvalue weighted by molar-refractivity contribution is 6.48. The van der Waals surface area contributed by atoms with E-state index >= 15 is 0 Å². The fourth-order valence-electron chi connectivity index (χ4n) is 2.80. The van der Waals surface area contributed by atoms with Gasteiger partial charge in [0.15, 0.2) is 0 Å². The van der Waals surface area contributed by atoms with Gasteiger partial charge < -0.3 is 15.0 Å². The van der Waals surface area contributed by atoms with Crippen molar-refractivity contribution in [1.29, 1.82) is 0 Å². The smallest absolute Gasteiger partial charge is 0.296 e. The monoisotopic (exact) mass is 356 g/mol. The Labute approximate surface area is 155 Å². The summed E-state index contributed by atoms with van der Waals surface area (Å²) in [4.78, 5) is 27.8. The lowest BCUT2D eigenvalue weighted by atomic mass is 10.1. The Kier molecular flexibility index (Phi) is 4.41. The average molecular weight is 356 g/mol. The van der Waals surface area contributed by atoms with Crippen LogP contribution >= 0.6 is 0 Å². The molecular formula is C22H16N2O3. The summed E-state index contributed by atoms with van der Waals surface area (Å²) < 4.78 is 5.71. The van der Waals surface area contributed by atoms with Gasteiger partial charge in [0.25, 0.3) is 11.7 Å². The number of amides is 1. The number of carbonyl (C=O) groups is 2. The number of benzene rings is 3. The van der Waals surface area contributed by atoms with Crippen LogP contribution in [0.2, 0.25) is 0 Å². The van der Waals surface area contributed by atoms with Crippen molar-refractivity contribution < 1.29 is 14.3 Å². The maximum atomic E-state index is 12.5. The van der Waals surface area contributed by atoms with E-state index in [1.54, 1.807) is 30.5 Å². The van der Waals surface area contributed by atoms with Crippen LogP contribution in [0.1, 0.15) is 10.4 Å². The molecule has 0 bridgehead atoms. The van der Waals surface area contributed by atoms with Crippen LogP contribution in [0.5, 0.6) is 11.5 Å². The molecule has 1 aromatic heterocycles. The molecule has 0 spiro atoms. The zero-order valence-corrected chi connectivity index (χ0v) is 14.3. The number of ketones is 1. The number of fused-ring (bicyclic) bond motifs is 1. The molecule has 0 fully saturated rings. The Balaban J connectivity index is 1.45. The first-order chi connectivity index (χ1) is 13.2. The van der Waals surface area contributed by atoms with Crippen molar-refractivity contribution >= 4 is 28.3 Å². The van der Waals surface area contributed by atoms with E-state index < -0.39 is 11.7 Å². The first-order valence-electron chi connectivity index (χ1n) is 8.45. The second kappa shape index (κ2) is 7.17. The summed E-state index contributed by atoms with van der Waals surface area (Å²) >= 11 is 0. The minimum atomic E-state index is -0.684. The number of nitrogens with one attached hydrogen (secondary N) is 2. The Morgan fingerprint density at radius 1 is 0.778 bits per heavy atom. The predicted molar refractivity (Wildman–Crippen MR) is 104 cm³/mol. The number of carbonyl (C=O) groups excluding carboxylic acids is 2. The highest BCUT2D eigenvalue weighted by Crippen LogP contribution is 2.23. The zero-order chi connectivity index (χ0) is 18.6. The number of aromatic nitrogens is 1. The molecule has 0 aliphatic rings. The summed E-state index contributed by atoms with van der Waals surface area (Å²) in [7, 11) is 0. The van der Waals surface area contributed by atoms with Crippen LogP contribution in [0.25, 0.3) is 10.9 Å². The molecule has 0 saturated carbocycles. The zero-order valence-electron chi connectivity index (χ0n) is 14.3. The molecule has 4 rings (SSSR count). The molecule has 0 saturated heterocycles. The van der Waals surface area contributed by atoms with Crippen LogP contribution in [-0.4, -0.2) is 16.7 Å². The lowest BCUT2D eigenvalue weighted by Crippen LogP contribution is -2.22. The highest BCUT2D eigenvalue weighted by Gasteiger charge is 2.19. The maximum Gasteiger partial charge on any atom is 0.296 e. The summed E-state index contributed by atoms with van der Waals surface area (Å²) in [5.74, 6) is 0.0968. The first-order valence-corrected chi connectivity index (χ1v) is 8.45. The summed E-state index contributed by atoms with van der Waals surface area (Å²) in [6.07, 6.45) is 1.56. The number of Topliss-reactive ketones (excluding diaryl/α,β-unsaturated/α-hetero) is 1. The number of para-hydroxylation sites is 2. The molecule has 0 atom stereocenters. The minimum Gasteiger partial charge on any atom is -0.457 e. The van der Waals surface area contributed by atoms with E-state index in [1.807, 2.05) is 54.6 Å². The van der Waals surface area contributed by atoms with Crippen molar-refractivity contribution in [2.75, 3.05) is 5.32 Å². The molecule has 3 aromatic carbocycles. The SMILES string of the molecule is O=C(Nc1ccc(Oc2ccccc2)cc1)C(=O)c1c[nH]c2ccccc12. The Hall–Kier alpha value is -3.86. The van der Waals surface area contributed by atoms with E-state index in [9.17, 15) is 9.59 Å². The number of aromatic amines is 1. The molecule has 2 N–H and O–H groups in total. The van der Waals surface area contributed by atoms with E-state index in [0.29, 0.717) is 17.0 Å². The number of H-pyrrole nitrogens is 1. The summed E-state index contributed by atoms with van der Waals surface area (Å²) in [6.45, 7) is 0. The molecule has 5 nitrogen and oxygen atoms in total. The van der Waals surface area contributed by atoms with Gasteiger partial charge >= 0.3 is 0 Å². The number of hydrogen-bond acceptors (Lipinski definition) is 3. The van der Waals surface area contributed by atoms with Crippen LogP contribution in [-0.2, 0) is 4.79 Å². The number of hydrogen-bond donors (Lipinski definition) is 2. The van der Waals surface area contributed by atoms with Crippen molar-refractivity contribution in [2.24, 2.45) is 0 Å². The van der Waals surface area contributed by atoms with Gasteiger partial charge in [0.2, 0.25) is 0 Å². The Morgan fingerprint density at radius 2 is 1.44 bits per heavy atom. The van der Waals surface area contributed by atoms with E-state index in [2.05, 4.69) is 10.3 Å². The largest absolute Gasteiger partial charge is 0.457 e. The van der Waals surface area contributed by atoms with E-state index in [4.69, 9.17) is 4.74 Å². The quantitative estimate of drug-likeness (QED) is 0.399. The third-order valence-electron chi connectivity index (χ3n) is 4.13. The molecule has 0 radical (unpaired) electrons. The highest BCUT2D eigenvalue weighted by atomic mass is 16.5. The molecule has 1 amide bonds. The molecule has 0 aliphatic heterocycles. The molecular weight excluding hydrogens is 340 g/mol. The number of anilines is 1. The van der Waals surface area contributed by atoms with Crippen molar-refractivity contribution in [3.05, 3.63) is 90.6 Å². The van der Waals surface area contributed by atoms with Crippen LogP contribution < -0.4 is 10.1 Å². The fraction of sp³-hybridized carbons (Fsp3) is 0. The van der Waals surface area contributed by atoms with Crippen molar-refractivity contribution in [2.45, 2.75) is 0 Å². The lowest BCUT2D eigenvalue weighted by Gasteiger charge is -2.07. The van der Waals surface area contributed by atoms with Crippen molar-refractivity contribution in [3.8, 4) is 11.5 Å². The van der Waals surface area contributed by atoms with Crippen LogP contribution in [0.4, 0.5) is 5.69 Å². The normalized spacial score (nSPS) is 10.5. The Morgan fingerprint density at radius 3 is 2.22 bits per heavy atom. The van der Waals surface area contributed by atoms with Gasteiger partial charge in [-0.3, -0.25) is 9.59 Å². The molecule has 4 aromatic rings. The van der Waals surface area contributed by atoms with Crippen molar-refractivity contribution in [3.63, 3.8) is 0 Å². The van der Waals surface area contributed by atoms with Gasteiger partial charge in [0, 0.05) is 22.8 Å². The summed E-state index contributed by atoms with van der Waals surface area (Å²) in [5.41, 5.74) is 1.69. The van der Waals surface area contributed by atoms with Gasteiger partial charge in [-0.1, -0.05) is 36.4 Å². The van der Waals surface area contributed by atoms with Gasteiger partial charge in [-0.25, -0.2) is 0 Å². The number of rotatable bonds is 5. The van der Waals surface area contributed by atoms with Gasteiger partial charge in [0.05, 0.1) is 5.56 Å². The van der Waals surface area contributed by atoms with Gasteiger partial charge in [-0.05, 0) is 42.5 Å². The van der Waals surface area contributed by atoms with E-state index in [1.165, 1.54) is 0 Å². The first kappa shape index (κ1) is 16.6. The summed E-state index contributed by atoms with van der Waals surface area (Å²) in [6, 6.07) is 23.6. The minimum absolute atomic E-state index is 0.354. The molecule has 1 heterocycles. The van der Waals surface area contributed by atoms with E-state index in [-0.39, 0.29) is 0 Å². The van der Waals surface area contributed by atoms with Crippen LogP contribution in [0.3, 0.4) is 0 Å². The van der Waals surface area contributed by atoms with E-state index in [0.717, 1.165) is 16.7 Å². The lowest BCUT2D eigenvalue weighted by molar-refractivity contribution is -0.112. The fourth-order valence-corrected chi connectivity index (χ4v) is 2.80. The van der Waals surface area contributed by atoms with Gasteiger partial charge in [-0.15, -0.1) is 0 Å². The molecule has 0 aliphatic carbocycles. The maximum absolute atomic E-state index is 12.5. The predicted octanol–water partition coefficient (Wildman–Crippen LogP) is 4.78. The second-order valence-electron chi connectivity index (χ2n) is 5.97. The number of ether oxygens (including phenoxy) is 1. The molecule has 5 heteroatoms. The summed E-state index contributed by atoms with van der Waals surface area (Å²) in [5, 5.41) is 3.35. The standard InChI is InChI=1S/C22H16N2O3/c25-21(19-14-23-20-9-5-4-8-18(19)20)22(26)24-15-10-12-17(13-11-15)27-16-6-2-1-3-7-16/h1-14,23H,(H,24,26). The second-order valence-corrected chi connectivity index (χ2v) is 5.97.